The lowest BCUT2D eigenvalue weighted by Crippen LogP contribution is -2.14. The van der Waals surface area contributed by atoms with Crippen molar-refractivity contribution in [2.75, 3.05) is 6.61 Å². The first-order valence-corrected chi connectivity index (χ1v) is 6.54. The van der Waals surface area contributed by atoms with Crippen molar-refractivity contribution in [1.82, 2.24) is 0 Å². The van der Waals surface area contributed by atoms with Gasteiger partial charge in [-0.1, -0.05) is 12.1 Å². The number of nitrogens with two attached hydrogens (primary N) is 1. The number of rotatable bonds is 5. The zero-order valence-electron chi connectivity index (χ0n) is 11.8. The summed E-state index contributed by atoms with van der Waals surface area (Å²) in [5, 5.41) is 9.94. The fourth-order valence-corrected chi connectivity index (χ4v) is 1.94. The summed E-state index contributed by atoms with van der Waals surface area (Å²) in [7, 11) is 0. The number of primary amides is 1. The molecule has 4 nitrogen and oxygen atoms in total. The molecular weight excluding hydrogens is 292 g/mol. The first kappa shape index (κ1) is 15.9. The number of aryl methyl sites for hydroxylation is 1. The van der Waals surface area contributed by atoms with E-state index in [1.54, 1.807) is 19.1 Å². The van der Waals surface area contributed by atoms with Gasteiger partial charge >= 0.3 is 0 Å². The minimum atomic E-state index is -1.27. The average Bonchev–Trinajstić information content (AvgIpc) is 2.45. The zero-order chi connectivity index (χ0) is 16.3. The summed E-state index contributed by atoms with van der Waals surface area (Å²) in [5.41, 5.74) is 6.12. The highest BCUT2D eigenvalue weighted by Crippen LogP contribution is 2.23. The smallest absolute Gasteiger partial charge is 0.248 e. The van der Waals surface area contributed by atoms with Gasteiger partial charge in [0.25, 0.3) is 0 Å². The molecule has 1 unspecified atom stereocenters. The highest BCUT2D eigenvalue weighted by Gasteiger charge is 2.15. The van der Waals surface area contributed by atoms with Gasteiger partial charge in [-0.15, -0.1) is 0 Å². The number of hydrogen-bond donors (Lipinski definition) is 2. The molecule has 2 aromatic rings. The summed E-state index contributed by atoms with van der Waals surface area (Å²) < 4.78 is 31.8. The van der Waals surface area contributed by atoms with E-state index < -0.39 is 23.6 Å². The van der Waals surface area contributed by atoms with Crippen LogP contribution in [0.15, 0.2) is 36.4 Å². The molecule has 6 heteroatoms. The number of benzene rings is 2. The van der Waals surface area contributed by atoms with E-state index in [0.717, 1.165) is 17.7 Å². The predicted octanol–water partition coefficient (Wildman–Crippen LogP) is 2.48. The number of ether oxygens (including phenoxy) is 1. The van der Waals surface area contributed by atoms with Crippen molar-refractivity contribution in [3.05, 3.63) is 64.7 Å². The Morgan fingerprint density at radius 2 is 2.00 bits per heavy atom. The van der Waals surface area contributed by atoms with Crippen molar-refractivity contribution >= 4 is 5.91 Å². The van der Waals surface area contributed by atoms with Gasteiger partial charge in [0, 0.05) is 17.2 Å². The molecule has 2 rings (SSSR count). The number of carbonyl (C=O) groups excluding carboxylic acids is 1. The van der Waals surface area contributed by atoms with E-state index in [2.05, 4.69) is 0 Å². The third-order valence-electron chi connectivity index (χ3n) is 3.19. The van der Waals surface area contributed by atoms with Crippen LogP contribution in [0.5, 0.6) is 5.75 Å². The van der Waals surface area contributed by atoms with Crippen molar-refractivity contribution in [2.45, 2.75) is 13.0 Å². The Bertz CT molecular complexity index is 704. The molecule has 0 aliphatic rings. The molecule has 0 fully saturated rings. The lowest BCUT2D eigenvalue weighted by molar-refractivity contribution is 0.0996. The molecule has 0 saturated carbocycles. The maximum atomic E-state index is 13.6. The van der Waals surface area contributed by atoms with Crippen molar-refractivity contribution < 1.29 is 23.4 Å². The Kier molecular flexibility index (Phi) is 4.72. The number of amides is 1. The lowest BCUT2D eigenvalue weighted by atomic mass is 10.1. The molecule has 0 aromatic heterocycles. The van der Waals surface area contributed by atoms with Crippen LogP contribution in [0.3, 0.4) is 0 Å². The molecule has 0 heterocycles. The molecule has 0 radical (unpaired) electrons. The second-order valence-electron chi connectivity index (χ2n) is 4.84. The molecule has 0 aliphatic carbocycles. The molecule has 0 spiro atoms. The number of aliphatic hydroxyl groups excluding tert-OH is 1. The Labute approximate surface area is 126 Å². The fraction of sp³-hybridized carbons (Fsp3) is 0.188. The zero-order valence-corrected chi connectivity index (χ0v) is 11.8. The van der Waals surface area contributed by atoms with Crippen LogP contribution in [0.2, 0.25) is 0 Å². The normalized spacial score (nSPS) is 12.0. The van der Waals surface area contributed by atoms with E-state index in [9.17, 15) is 18.7 Å². The van der Waals surface area contributed by atoms with Crippen LogP contribution in [0.1, 0.15) is 27.6 Å². The van der Waals surface area contributed by atoms with Gasteiger partial charge in [0.15, 0.2) is 0 Å². The highest BCUT2D eigenvalue weighted by molar-refractivity contribution is 5.93. The van der Waals surface area contributed by atoms with Crippen LogP contribution >= 0.6 is 0 Å². The number of aliphatic hydroxyl groups is 1. The number of halogens is 2. The third kappa shape index (κ3) is 3.59. The largest absolute Gasteiger partial charge is 0.490 e. The molecule has 0 saturated heterocycles. The molecule has 1 atom stereocenters. The summed E-state index contributed by atoms with van der Waals surface area (Å²) in [5.74, 6) is -1.81. The summed E-state index contributed by atoms with van der Waals surface area (Å²) in [6.45, 7) is 1.51. The van der Waals surface area contributed by atoms with E-state index in [4.69, 9.17) is 10.5 Å². The Morgan fingerprint density at radius 3 is 2.64 bits per heavy atom. The van der Waals surface area contributed by atoms with Crippen LogP contribution in [0, 0.1) is 18.6 Å². The molecule has 1 amide bonds. The number of carbonyl (C=O) groups is 1. The average molecular weight is 307 g/mol. The maximum absolute atomic E-state index is 13.6. The summed E-state index contributed by atoms with van der Waals surface area (Å²) in [4.78, 5) is 11.1. The van der Waals surface area contributed by atoms with Gasteiger partial charge in [-0.05, 0) is 30.7 Å². The maximum Gasteiger partial charge on any atom is 0.248 e. The lowest BCUT2D eigenvalue weighted by Gasteiger charge is -2.15. The Morgan fingerprint density at radius 1 is 1.27 bits per heavy atom. The van der Waals surface area contributed by atoms with Gasteiger partial charge < -0.3 is 15.6 Å². The molecular formula is C16H15F2NO3. The number of hydrogen-bond acceptors (Lipinski definition) is 3. The van der Waals surface area contributed by atoms with E-state index in [-0.39, 0.29) is 17.7 Å². The van der Waals surface area contributed by atoms with Crippen LogP contribution < -0.4 is 10.5 Å². The van der Waals surface area contributed by atoms with E-state index >= 15 is 0 Å². The first-order valence-electron chi connectivity index (χ1n) is 6.54. The van der Waals surface area contributed by atoms with Crippen molar-refractivity contribution in [3.8, 4) is 5.75 Å². The summed E-state index contributed by atoms with van der Waals surface area (Å²) >= 11 is 0. The fourth-order valence-electron chi connectivity index (χ4n) is 1.94. The standard InChI is InChI=1S/C16H15F2NO3/c1-9-2-3-10(16(19)21)6-15(9)22-8-14(20)12-5-4-11(17)7-13(12)18/h2-7,14,20H,8H2,1H3,(H2,19,21). The molecule has 2 aromatic carbocycles. The van der Waals surface area contributed by atoms with E-state index in [1.807, 2.05) is 0 Å². The van der Waals surface area contributed by atoms with E-state index in [1.165, 1.54) is 6.07 Å². The Balaban J connectivity index is 2.12. The molecule has 116 valence electrons. The van der Waals surface area contributed by atoms with Crippen molar-refractivity contribution in [2.24, 2.45) is 5.73 Å². The predicted molar refractivity (Wildman–Crippen MR) is 76.5 cm³/mol. The topological polar surface area (TPSA) is 72.6 Å². The van der Waals surface area contributed by atoms with Gasteiger partial charge in [0.2, 0.25) is 5.91 Å². The summed E-state index contributed by atoms with van der Waals surface area (Å²) in [6, 6.07) is 7.57. The third-order valence-corrected chi connectivity index (χ3v) is 3.19. The van der Waals surface area contributed by atoms with Gasteiger partial charge in [-0.2, -0.15) is 0 Å². The van der Waals surface area contributed by atoms with Crippen molar-refractivity contribution in [1.29, 1.82) is 0 Å². The second-order valence-corrected chi connectivity index (χ2v) is 4.84. The second kappa shape index (κ2) is 6.53. The van der Waals surface area contributed by atoms with Gasteiger partial charge in [-0.3, -0.25) is 4.79 Å². The van der Waals surface area contributed by atoms with Crippen LogP contribution in [-0.4, -0.2) is 17.6 Å². The van der Waals surface area contributed by atoms with Gasteiger partial charge in [0.05, 0.1) is 0 Å². The summed E-state index contributed by atoms with van der Waals surface area (Å²) in [6.07, 6.45) is -1.27. The van der Waals surface area contributed by atoms with Gasteiger partial charge in [-0.25, -0.2) is 8.78 Å². The van der Waals surface area contributed by atoms with Crippen LogP contribution in [0.4, 0.5) is 8.78 Å². The van der Waals surface area contributed by atoms with Crippen LogP contribution in [-0.2, 0) is 0 Å². The minimum absolute atomic E-state index is 0.0647. The molecule has 0 aliphatic heterocycles. The minimum Gasteiger partial charge on any atom is -0.490 e. The SMILES string of the molecule is Cc1ccc(C(N)=O)cc1OCC(O)c1ccc(F)cc1F. The molecule has 0 bridgehead atoms. The highest BCUT2D eigenvalue weighted by atomic mass is 19.1. The molecule has 22 heavy (non-hydrogen) atoms. The van der Waals surface area contributed by atoms with Gasteiger partial charge in [0.1, 0.15) is 30.1 Å². The Hall–Kier alpha value is -2.47. The molecule has 3 N–H and O–H groups in total. The van der Waals surface area contributed by atoms with Crippen molar-refractivity contribution in [3.63, 3.8) is 0 Å². The monoisotopic (exact) mass is 307 g/mol. The first-order chi connectivity index (χ1) is 10.4. The van der Waals surface area contributed by atoms with Crippen LogP contribution in [0.25, 0.3) is 0 Å². The van der Waals surface area contributed by atoms with E-state index in [0.29, 0.717) is 11.8 Å². The quantitative estimate of drug-likeness (QED) is 0.891.